The number of H-pyrrole nitrogens is 1. The second-order valence-electron chi connectivity index (χ2n) is 8.78. The van der Waals surface area contributed by atoms with E-state index >= 15 is 0 Å². The summed E-state index contributed by atoms with van der Waals surface area (Å²) in [5.41, 5.74) is 2.32. The van der Waals surface area contributed by atoms with Gasteiger partial charge in [-0.2, -0.15) is 0 Å². The zero-order valence-electron chi connectivity index (χ0n) is 18.5. The molecular weight excluding hydrogens is 462 g/mol. The van der Waals surface area contributed by atoms with Crippen molar-refractivity contribution in [2.45, 2.75) is 44.0 Å². The van der Waals surface area contributed by atoms with Gasteiger partial charge in [0.15, 0.2) is 5.01 Å². The van der Waals surface area contributed by atoms with Crippen molar-refractivity contribution < 1.29 is 14.3 Å². The zero-order valence-corrected chi connectivity index (χ0v) is 20.1. The van der Waals surface area contributed by atoms with Gasteiger partial charge in [-0.25, -0.2) is 4.98 Å². The lowest BCUT2D eigenvalue weighted by Gasteiger charge is -2.21. The Morgan fingerprint density at radius 2 is 1.97 bits per heavy atom. The molecule has 0 bridgehead atoms. The first kappa shape index (κ1) is 22.3. The molecule has 8 nitrogen and oxygen atoms in total. The van der Waals surface area contributed by atoms with Crippen LogP contribution in [0.4, 0.5) is 0 Å². The number of methoxy groups -OCH3 is 1. The van der Waals surface area contributed by atoms with Crippen LogP contribution in [-0.2, 0) is 17.7 Å². The van der Waals surface area contributed by atoms with Gasteiger partial charge in [-0.1, -0.05) is 11.6 Å². The fourth-order valence-corrected chi connectivity index (χ4v) is 5.90. The smallest absolute Gasteiger partial charge is 0.280 e. The minimum Gasteiger partial charge on any atom is -0.381 e. The molecule has 1 unspecified atom stereocenters. The van der Waals surface area contributed by atoms with Crippen LogP contribution in [0.3, 0.4) is 0 Å². The molecule has 1 fully saturated rings. The maximum Gasteiger partial charge on any atom is 0.280 e. The predicted octanol–water partition coefficient (Wildman–Crippen LogP) is 2.97. The highest BCUT2D eigenvalue weighted by Crippen LogP contribution is 2.27. The molecule has 2 aromatic heterocycles. The molecule has 1 aliphatic heterocycles. The van der Waals surface area contributed by atoms with Crippen LogP contribution in [0, 0.1) is 0 Å². The molecule has 1 aliphatic carbocycles. The first-order valence-corrected chi connectivity index (χ1v) is 12.2. The number of nitrogens with one attached hydrogen (secondary N) is 3. The zero-order chi connectivity index (χ0) is 23.1. The Balaban J connectivity index is 1.29. The molecule has 1 aromatic carbocycles. The monoisotopic (exact) mass is 487 g/mol. The minimum absolute atomic E-state index is 0.0414. The number of fused-ring (bicyclic) bond motifs is 2. The van der Waals surface area contributed by atoms with Crippen LogP contribution in [0.15, 0.2) is 24.3 Å². The average molecular weight is 488 g/mol. The van der Waals surface area contributed by atoms with Gasteiger partial charge in [-0.15, -0.1) is 11.3 Å². The highest BCUT2D eigenvalue weighted by Gasteiger charge is 2.37. The number of carbonyl (C=O) groups is 2. The second kappa shape index (κ2) is 9.06. The van der Waals surface area contributed by atoms with E-state index in [-0.39, 0.29) is 30.0 Å². The summed E-state index contributed by atoms with van der Waals surface area (Å²) in [5.74, 6) is -0.422. The van der Waals surface area contributed by atoms with E-state index in [1.54, 1.807) is 19.2 Å². The van der Waals surface area contributed by atoms with Crippen LogP contribution in [0.1, 0.15) is 43.7 Å². The van der Waals surface area contributed by atoms with Gasteiger partial charge in [0.1, 0.15) is 5.69 Å². The van der Waals surface area contributed by atoms with Gasteiger partial charge in [0.25, 0.3) is 11.8 Å². The Labute approximate surface area is 200 Å². The fraction of sp³-hybridized carbons (Fsp3) is 0.435. The summed E-state index contributed by atoms with van der Waals surface area (Å²) in [6, 6.07) is 6.73. The van der Waals surface area contributed by atoms with Crippen LogP contribution < -0.4 is 10.6 Å². The summed E-state index contributed by atoms with van der Waals surface area (Å²) in [5, 5.41) is 8.14. The molecular formula is C23H26ClN5O3S. The normalized spacial score (nSPS) is 22.9. The van der Waals surface area contributed by atoms with Crippen molar-refractivity contribution in [3.63, 3.8) is 0 Å². The number of benzene rings is 1. The van der Waals surface area contributed by atoms with Gasteiger partial charge >= 0.3 is 0 Å². The van der Waals surface area contributed by atoms with E-state index < -0.39 is 0 Å². The number of rotatable bonds is 5. The maximum absolute atomic E-state index is 13.0. The Morgan fingerprint density at radius 1 is 1.21 bits per heavy atom. The van der Waals surface area contributed by atoms with Crippen molar-refractivity contribution in [2.24, 2.45) is 0 Å². The molecule has 1 saturated carbocycles. The van der Waals surface area contributed by atoms with E-state index in [0.717, 1.165) is 41.0 Å². The van der Waals surface area contributed by atoms with Crippen molar-refractivity contribution in [1.82, 2.24) is 25.5 Å². The predicted molar refractivity (Wildman–Crippen MR) is 128 cm³/mol. The third-order valence-corrected chi connectivity index (χ3v) is 7.75. The topological polar surface area (TPSA) is 99.3 Å². The molecule has 33 heavy (non-hydrogen) atoms. The summed E-state index contributed by atoms with van der Waals surface area (Å²) in [7, 11) is 3.72. The highest BCUT2D eigenvalue weighted by molar-refractivity contribution is 7.13. The largest absolute Gasteiger partial charge is 0.381 e. The van der Waals surface area contributed by atoms with E-state index in [4.69, 9.17) is 16.3 Å². The summed E-state index contributed by atoms with van der Waals surface area (Å²) < 4.78 is 5.54. The lowest BCUT2D eigenvalue weighted by atomic mass is 10.1. The molecule has 10 heteroatoms. The van der Waals surface area contributed by atoms with Crippen LogP contribution >= 0.6 is 22.9 Å². The van der Waals surface area contributed by atoms with Crippen LogP contribution in [-0.4, -0.2) is 65.6 Å². The molecule has 3 heterocycles. The van der Waals surface area contributed by atoms with E-state index in [1.807, 2.05) is 12.1 Å². The molecule has 0 saturated heterocycles. The van der Waals surface area contributed by atoms with Crippen molar-refractivity contribution in [3.8, 4) is 0 Å². The lowest BCUT2D eigenvalue weighted by Crippen LogP contribution is -2.48. The van der Waals surface area contributed by atoms with Gasteiger partial charge in [0, 0.05) is 47.4 Å². The molecule has 3 atom stereocenters. The van der Waals surface area contributed by atoms with Crippen molar-refractivity contribution in [3.05, 3.63) is 50.6 Å². The minimum atomic E-state index is -0.248. The van der Waals surface area contributed by atoms with E-state index in [9.17, 15) is 9.59 Å². The lowest BCUT2D eigenvalue weighted by molar-refractivity contribution is 0.0889. The second-order valence-corrected chi connectivity index (χ2v) is 10.3. The van der Waals surface area contributed by atoms with E-state index in [2.05, 4.69) is 32.5 Å². The molecule has 0 spiro atoms. The third-order valence-electron chi connectivity index (χ3n) is 6.43. The molecule has 2 amide bonds. The number of hydrogen-bond donors (Lipinski definition) is 3. The number of aromatic nitrogens is 2. The SMILES string of the molecule is COC1C[C@@H](NC(=O)c2cc3cc(Cl)ccc3[nH]2)[C@H](NC(=O)c2nc3c(s2)CN(C)CC3)C1. The van der Waals surface area contributed by atoms with Crippen LogP contribution in [0.25, 0.3) is 10.9 Å². The number of ether oxygens (including phenoxy) is 1. The Hall–Kier alpha value is -2.46. The first-order valence-electron chi connectivity index (χ1n) is 11.0. The number of aromatic amines is 1. The molecule has 0 radical (unpaired) electrons. The highest BCUT2D eigenvalue weighted by atomic mass is 35.5. The number of likely N-dealkylation sites (N-methyl/N-ethyl adjacent to an activating group) is 1. The number of halogens is 1. The number of amides is 2. The van der Waals surface area contributed by atoms with Crippen molar-refractivity contribution >= 4 is 45.7 Å². The van der Waals surface area contributed by atoms with Crippen molar-refractivity contribution in [1.29, 1.82) is 0 Å². The number of hydrogen-bond acceptors (Lipinski definition) is 6. The summed E-state index contributed by atoms with van der Waals surface area (Å²) in [6.07, 6.45) is 2.07. The van der Waals surface area contributed by atoms with Gasteiger partial charge in [0.05, 0.1) is 23.9 Å². The maximum atomic E-state index is 13.0. The van der Waals surface area contributed by atoms with Gasteiger partial charge in [-0.05, 0) is 44.2 Å². The van der Waals surface area contributed by atoms with E-state index in [0.29, 0.717) is 28.6 Å². The molecule has 3 N–H and O–H groups in total. The summed E-state index contributed by atoms with van der Waals surface area (Å²) in [6.45, 7) is 1.77. The Kier molecular flexibility index (Phi) is 6.13. The fourth-order valence-electron chi connectivity index (χ4n) is 4.63. The Bertz CT molecular complexity index is 1210. The molecule has 5 rings (SSSR count). The van der Waals surface area contributed by atoms with Gasteiger partial charge in [-0.3, -0.25) is 9.59 Å². The average Bonchev–Trinajstić information content (AvgIpc) is 3.49. The van der Waals surface area contributed by atoms with Crippen LogP contribution in [0.2, 0.25) is 5.02 Å². The molecule has 2 aliphatic rings. The molecule has 174 valence electrons. The van der Waals surface area contributed by atoms with Crippen molar-refractivity contribution in [2.75, 3.05) is 20.7 Å². The quantitative estimate of drug-likeness (QED) is 0.514. The number of nitrogens with zero attached hydrogens (tertiary/aromatic N) is 2. The van der Waals surface area contributed by atoms with Crippen LogP contribution in [0.5, 0.6) is 0 Å². The van der Waals surface area contributed by atoms with Gasteiger partial charge in [0.2, 0.25) is 0 Å². The summed E-state index contributed by atoms with van der Waals surface area (Å²) >= 11 is 7.51. The Morgan fingerprint density at radius 3 is 2.73 bits per heavy atom. The summed E-state index contributed by atoms with van der Waals surface area (Å²) in [4.78, 5) is 37.1. The first-order chi connectivity index (χ1) is 15.9. The van der Waals surface area contributed by atoms with E-state index in [1.165, 1.54) is 11.3 Å². The standard InChI is InChI=1S/C23H26ClN5O3S/c1-29-6-5-16-20(11-29)33-23(28-16)22(31)27-18-10-14(32-2)9-17(18)26-21(30)19-8-12-7-13(24)3-4-15(12)25-19/h3-4,7-8,14,17-18,25H,5-6,9-11H2,1-2H3,(H,26,30)(H,27,31)/t14?,17-,18-/m1/s1. The molecule has 3 aromatic rings. The number of thiazole rings is 1. The third kappa shape index (κ3) is 4.63. The number of carbonyl (C=O) groups excluding carboxylic acids is 2. The van der Waals surface area contributed by atoms with Gasteiger partial charge < -0.3 is 25.3 Å².